The number of aryl methyl sites for hydroxylation is 2. The minimum atomic E-state index is -0.396. The van der Waals surface area contributed by atoms with Crippen LogP contribution >= 0.6 is 0 Å². The maximum Gasteiger partial charge on any atom is 0.345 e. The van der Waals surface area contributed by atoms with Gasteiger partial charge in [0, 0.05) is 30.0 Å². The van der Waals surface area contributed by atoms with Crippen LogP contribution in [-0.2, 0) is 11.2 Å². The van der Waals surface area contributed by atoms with Crippen LogP contribution in [0.5, 0.6) is 0 Å². The lowest BCUT2D eigenvalue weighted by molar-refractivity contribution is -0.131. The van der Waals surface area contributed by atoms with Gasteiger partial charge in [-0.25, -0.2) is 4.79 Å². The third-order valence-corrected chi connectivity index (χ3v) is 3.00. The number of nitrogens with zero attached hydrogens (tertiary/aromatic N) is 2. The van der Waals surface area contributed by atoms with Crippen molar-refractivity contribution in [1.82, 2.24) is 14.9 Å². The SMILES string of the molecule is CCCN(CCO)C(=O)Cc1c(C)nc(=O)[nH]c1C. The van der Waals surface area contributed by atoms with Gasteiger partial charge in [0.1, 0.15) is 0 Å². The Hall–Kier alpha value is -1.69. The summed E-state index contributed by atoms with van der Waals surface area (Å²) in [6.45, 7) is 6.37. The molecule has 0 aliphatic rings. The van der Waals surface area contributed by atoms with E-state index in [1.807, 2.05) is 6.92 Å². The Morgan fingerprint density at radius 3 is 2.58 bits per heavy atom. The van der Waals surface area contributed by atoms with Crippen molar-refractivity contribution < 1.29 is 9.90 Å². The number of hydrogen-bond donors (Lipinski definition) is 2. The molecule has 19 heavy (non-hydrogen) atoms. The van der Waals surface area contributed by atoms with Crippen LogP contribution < -0.4 is 5.69 Å². The van der Waals surface area contributed by atoms with Gasteiger partial charge in [-0.15, -0.1) is 0 Å². The summed E-state index contributed by atoms with van der Waals surface area (Å²) in [7, 11) is 0. The number of rotatable bonds is 6. The van der Waals surface area contributed by atoms with E-state index in [-0.39, 0.29) is 18.9 Å². The smallest absolute Gasteiger partial charge is 0.345 e. The average molecular weight is 267 g/mol. The van der Waals surface area contributed by atoms with Crippen LogP contribution in [0.15, 0.2) is 4.79 Å². The largest absolute Gasteiger partial charge is 0.395 e. The molecule has 0 atom stereocenters. The summed E-state index contributed by atoms with van der Waals surface area (Å²) in [6, 6.07) is 0. The molecule has 0 aliphatic carbocycles. The monoisotopic (exact) mass is 267 g/mol. The van der Waals surface area contributed by atoms with Crippen LogP contribution in [0.1, 0.15) is 30.3 Å². The molecule has 1 heterocycles. The molecule has 0 unspecified atom stereocenters. The summed E-state index contributed by atoms with van der Waals surface area (Å²) < 4.78 is 0. The molecule has 0 aliphatic heterocycles. The van der Waals surface area contributed by atoms with Gasteiger partial charge < -0.3 is 15.0 Å². The quantitative estimate of drug-likeness (QED) is 0.768. The number of aliphatic hydroxyl groups is 1. The van der Waals surface area contributed by atoms with Crippen molar-refractivity contribution in [3.05, 3.63) is 27.4 Å². The summed E-state index contributed by atoms with van der Waals surface area (Å²) in [4.78, 5) is 31.4. The van der Waals surface area contributed by atoms with E-state index in [0.29, 0.717) is 24.5 Å². The molecule has 0 fully saturated rings. The summed E-state index contributed by atoms with van der Waals surface area (Å²) >= 11 is 0. The fourth-order valence-electron chi connectivity index (χ4n) is 2.03. The highest BCUT2D eigenvalue weighted by Gasteiger charge is 2.16. The zero-order valence-corrected chi connectivity index (χ0v) is 11.7. The lowest BCUT2D eigenvalue weighted by atomic mass is 10.1. The van der Waals surface area contributed by atoms with Gasteiger partial charge in [-0.1, -0.05) is 6.92 Å². The Balaban J connectivity index is 2.89. The third-order valence-electron chi connectivity index (χ3n) is 3.00. The van der Waals surface area contributed by atoms with Gasteiger partial charge in [0.2, 0.25) is 5.91 Å². The van der Waals surface area contributed by atoms with Crippen molar-refractivity contribution in [2.24, 2.45) is 0 Å². The number of aliphatic hydroxyl groups excluding tert-OH is 1. The molecule has 6 heteroatoms. The molecule has 1 aromatic heterocycles. The number of aromatic nitrogens is 2. The highest BCUT2D eigenvalue weighted by Crippen LogP contribution is 2.09. The maximum absolute atomic E-state index is 12.2. The molecule has 0 saturated carbocycles. The lowest BCUT2D eigenvalue weighted by Gasteiger charge is -2.21. The number of carbonyl (C=O) groups is 1. The highest BCUT2D eigenvalue weighted by atomic mass is 16.3. The fourth-order valence-corrected chi connectivity index (χ4v) is 2.03. The van der Waals surface area contributed by atoms with Gasteiger partial charge in [0.05, 0.1) is 13.0 Å². The van der Waals surface area contributed by atoms with Crippen molar-refractivity contribution >= 4 is 5.91 Å². The molecule has 0 aromatic carbocycles. The first-order valence-electron chi connectivity index (χ1n) is 6.44. The van der Waals surface area contributed by atoms with Crippen LogP contribution in [0.25, 0.3) is 0 Å². The summed E-state index contributed by atoms with van der Waals surface area (Å²) in [5.41, 5.74) is 1.61. The van der Waals surface area contributed by atoms with E-state index in [4.69, 9.17) is 5.11 Å². The standard InChI is InChI=1S/C13H21N3O3/c1-4-5-16(6-7-17)12(18)8-11-9(2)14-13(19)15-10(11)3/h17H,4-8H2,1-3H3,(H,14,15,19). The molecule has 0 radical (unpaired) electrons. The molecule has 106 valence electrons. The molecular weight excluding hydrogens is 246 g/mol. The second-order valence-corrected chi connectivity index (χ2v) is 4.51. The van der Waals surface area contributed by atoms with Crippen LogP contribution in [0.2, 0.25) is 0 Å². The Morgan fingerprint density at radius 2 is 2.05 bits per heavy atom. The topological polar surface area (TPSA) is 86.3 Å². The van der Waals surface area contributed by atoms with E-state index in [2.05, 4.69) is 9.97 Å². The minimum Gasteiger partial charge on any atom is -0.395 e. The number of H-pyrrole nitrogens is 1. The predicted molar refractivity (Wildman–Crippen MR) is 72.0 cm³/mol. The zero-order valence-electron chi connectivity index (χ0n) is 11.7. The highest BCUT2D eigenvalue weighted by molar-refractivity contribution is 5.79. The van der Waals surface area contributed by atoms with E-state index in [9.17, 15) is 9.59 Å². The Bertz CT molecular complexity index is 464. The van der Waals surface area contributed by atoms with E-state index in [0.717, 1.165) is 12.0 Å². The van der Waals surface area contributed by atoms with E-state index < -0.39 is 5.69 Å². The van der Waals surface area contributed by atoms with Gasteiger partial charge in [-0.05, 0) is 20.3 Å². The van der Waals surface area contributed by atoms with Crippen molar-refractivity contribution in [2.45, 2.75) is 33.6 Å². The van der Waals surface area contributed by atoms with Gasteiger partial charge in [-0.2, -0.15) is 4.98 Å². The Labute approximate surface area is 112 Å². The molecule has 1 amide bonds. The number of nitrogens with one attached hydrogen (secondary N) is 1. The van der Waals surface area contributed by atoms with Crippen molar-refractivity contribution in [2.75, 3.05) is 19.7 Å². The van der Waals surface area contributed by atoms with Gasteiger partial charge in [0.15, 0.2) is 0 Å². The summed E-state index contributed by atoms with van der Waals surface area (Å²) in [5, 5.41) is 8.97. The molecule has 0 bridgehead atoms. The van der Waals surface area contributed by atoms with Crippen molar-refractivity contribution in [3.63, 3.8) is 0 Å². The second kappa shape index (κ2) is 7.04. The van der Waals surface area contributed by atoms with Gasteiger partial charge in [-0.3, -0.25) is 4.79 Å². The first-order chi connectivity index (χ1) is 8.99. The Morgan fingerprint density at radius 1 is 1.37 bits per heavy atom. The fraction of sp³-hybridized carbons (Fsp3) is 0.615. The van der Waals surface area contributed by atoms with E-state index in [1.165, 1.54) is 0 Å². The summed E-state index contributed by atoms with van der Waals surface area (Å²) in [5.74, 6) is -0.0593. The molecule has 0 saturated heterocycles. The zero-order chi connectivity index (χ0) is 14.4. The van der Waals surface area contributed by atoms with Crippen LogP contribution in [0, 0.1) is 13.8 Å². The number of carbonyl (C=O) groups excluding carboxylic acids is 1. The predicted octanol–water partition coefficient (Wildman–Crippen LogP) is 0.160. The molecular formula is C13H21N3O3. The van der Waals surface area contributed by atoms with E-state index >= 15 is 0 Å². The maximum atomic E-state index is 12.2. The molecule has 1 aromatic rings. The number of hydrogen-bond acceptors (Lipinski definition) is 4. The number of aromatic amines is 1. The van der Waals surface area contributed by atoms with Crippen LogP contribution in [0.3, 0.4) is 0 Å². The van der Waals surface area contributed by atoms with Gasteiger partial charge >= 0.3 is 5.69 Å². The first kappa shape index (κ1) is 15.4. The molecule has 1 rings (SSSR count). The van der Waals surface area contributed by atoms with E-state index in [1.54, 1.807) is 18.7 Å². The van der Waals surface area contributed by atoms with Crippen molar-refractivity contribution in [1.29, 1.82) is 0 Å². The molecule has 2 N–H and O–H groups in total. The molecule has 6 nitrogen and oxygen atoms in total. The van der Waals surface area contributed by atoms with Crippen molar-refractivity contribution in [3.8, 4) is 0 Å². The summed E-state index contributed by atoms with van der Waals surface area (Å²) in [6.07, 6.45) is 1.04. The first-order valence-corrected chi connectivity index (χ1v) is 6.44. The molecule has 0 spiro atoms. The normalized spacial score (nSPS) is 10.5. The average Bonchev–Trinajstić information content (AvgIpc) is 2.33. The minimum absolute atomic E-state index is 0.0480. The third kappa shape index (κ3) is 4.17. The second-order valence-electron chi connectivity index (χ2n) is 4.51. The number of amides is 1. The lowest BCUT2D eigenvalue weighted by Crippen LogP contribution is -2.36. The van der Waals surface area contributed by atoms with Crippen LogP contribution in [0.4, 0.5) is 0 Å². The van der Waals surface area contributed by atoms with Crippen LogP contribution in [-0.4, -0.2) is 45.6 Å². The van der Waals surface area contributed by atoms with Gasteiger partial charge in [0.25, 0.3) is 0 Å². The Kier molecular flexibility index (Phi) is 5.69.